The summed E-state index contributed by atoms with van der Waals surface area (Å²) in [7, 11) is 0. The fraction of sp³-hybridized carbons (Fsp3) is 0.778. The summed E-state index contributed by atoms with van der Waals surface area (Å²) in [5, 5.41) is 3.47. The Morgan fingerprint density at radius 1 is 1.43 bits per heavy atom. The summed E-state index contributed by atoms with van der Waals surface area (Å²) < 4.78 is 11.7. The third kappa shape index (κ3) is 2.44. The summed E-state index contributed by atoms with van der Waals surface area (Å²) in [6.45, 7) is 11.1. The average Bonchev–Trinajstić information content (AvgIpc) is 3.09. The van der Waals surface area contributed by atoms with Crippen molar-refractivity contribution < 1.29 is 9.15 Å². The van der Waals surface area contributed by atoms with Crippen LogP contribution in [0.4, 0.5) is 0 Å². The van der Waals surface area contributed by atoms with E-state index in [1.807, 2.05) is 12.1 Å². The fourth-order valence-electron chi connectivity index (χ4n) is 4.50. The van der Waals surface area contributed by atoms with Crippen LogP contribution in [0.3, 0.4) is 0 Å². The second-order valence-corrected chi connectivity index (χ2v) is 7.66. The van der Waals surface area contributed by atoms with Gasteiger partial charge in [0.1, 0.15) is 5.76 Å². The standard InChI is InChI=1S/C18H29NO2/c1-13(15-6-5-10-20-15)19-9-11-21-16-12-14-7-8-18(16,4)17(14,2)3/h5-6,10,13-14,16,19H,7-9,11-12H2,1-4H3. The molecule has 2 aliphatic rings. The van der Waals surface area contributed by atoms with Crippen molar-refractivity contribution in [3.8, 4) is 0 Å². The van der Waals surface area contributed by atoms with Gasteiger partial charge in [0, 0.05) is 6.54 Å². The maximum atomic E-state index is 6.25. The smallest absolute Gasteiger partial charge is 0.120 e. The van der Waals surface area contributed by atoms with Gasteiger partial charge >= 0.3 is 0 Å². The molecule has 2 bridgehead atoms. The van der Waals surface area contributed by atoms with Crippen molar-refractivity contribution in [1.82, 2.24) is 5.32 Å². The first kappa shape index (κ1) is 15.1. The van der Waals surface area contributed by atoms with Crippen molar-refractivity contribution in [2.75, 3.05) is 13.2 Å². The zero-order valence-corrected chi connectivity index (χ0v) is 13.8. The summed E-state index contributed by atoms with van der Waals surface area (Å²) in [5.74, 6) is 1.84. The normalized spacial score (nSPS) is 35.2. The van der Waals surface area contributed by atoms with E-state index in [1.165, 1.54) is 19.3 Å². The number of hydrogen-bond acceptors (Lipinski definition) is 3. The molecule has 21 heavy (non-hydrogen) atoms. The maximum absolute atomic E-state index is 6.25. The zero-order chi connectivity index (χ0) is 15.1. The minimum absolute atomic E-state index is 0.246. The van der Waals surface area contributed by atoms with E-state index in [4.69, 9.17) is 9.15 Å². The van der Waals surface area contributed by atoms with Crippen LogP contribution in [0.5, 0.6) is 0 Å². The highest BCUT2D eigenvalue weighted by Crippen LogP contribution is 2.66. The van der Waals surface area contributed by atoms with Crippen LogP contribution in [0.1, 0.15) is 58.8 Å². The summed E-state index contributed by atoms with van der Waals surface area (Å²) >= 11 is 0. The van der Waals surface area contributed by atoms with Gasteiger partial charge in [-0.15, -0.1) is 0 Å². The molecule has 1 heterocycles. The van der Waals surface area contributed by atoms with Gasteiger partial charge in [0.2, 0.25) is 0 Å². The second kappa shape index (κ2) is 5.44. The van der Waals surface area contributed by atoms with Crippen LogP contribution < -0.4 is 5.32 Å². The zero-order valence-electron chi connectivity index (χ0n) is 13.8. The van der Waals surface area contributed by atoms with E-state index in [0.29, 0.717) is 16.9 Å². The molecule has 3 nitrogen and oxygen atoms in total. The lowest BCUT2D eigenvalue weighted by atomic mass is 9.70. The van der Waals surface area contributed by atoms with Crippen LogP contribution in [0.2, 0.25) is 0 Å². The largest absolute Gasteiger partial charge is 0.468 e. The molecular formula is C18H29NO2. The van der Waals surface area contributed by atoms with Crippen LogP contribution in [0.15, 0.2) is 22.8 Å². The fourth-order valence-corrected chi connectivity index (χ4v) is 4.50. The molecule has 4 atom stereocenters. The highest BCUT2D eigenvalue weighted by molar-refractivity contribution is 5.11. The third-order valence-corrected chi connectivity index (χ3v) is 6.56. The van der Waals surface area contributed by atoms with E-state index in [2.05, 4.69) is 33.0 Å². The summed E-state index contributed by atoms with van der Waals surface area (Å²) in [5.41, 5.74) is 0.802. The van der Waals surface area contributed by atoms with Crippen molar-refractivity contribution in [3.63, 3.8) is 0 Å². The lowest BCUT2D eigenvalue weighted by molar-refractivity contribution is -0.0454. The van der Waals surface area contributed by atoms with Crippen molar-refractivity contribution in [2.45, 2.75) is 59.1 Å². The van der Waals surface area contributed by atoms with Gasteiger partial charge in [0.05, 0.1) is 25.0 Å². The summed E-state index contributed by atoms with van der Waals surface area (Å²) in [6.07, 6.45) is 6.12. The number of furan rings is 1. The SMILES string of the molecule is CC(NCCOC1CC2CCC1(C)C2(C)C)c1ccco1. The molecule has 2 fully saturated rings. The Morgan fingerprint density at radius 3 is 2.81 bits per heavy atom. The Bertz CT molecular complexity index is 468. The van der Waals surface area contributed by atoms with Crippen LogP contribution in [0.25, 0.3) is 0 Å². The Labute approximate surface area is 128 Å². The number of hydrogen-bond donors (Lipinski definition) is 1. The Hall–Kier alpha value is -0.800. The van der Waals surface area contributed by atoms with Gasteiger partial charge in [-0.3, -0.25) is 0 Å². The molecule has 0 spiro atoms. The minimum atomic E-state index is 0.246. The maximum Gasteiger partial charge on any atom is 0.120 e. The topological polar surface area (TPSA) is 34.4 Å². The molecule has 0 aliphatic heterocycles. The first-order valence-corrected chi connectivity index (χ1v) is 8.33. The molecular weight excluding hydrogens is 262 g/mol. The molecule has 0 amide bonds. The highest BCUT2D eigenvalue weighted by atomic mass is 16.5. The number of nitrogens with one attached hydrogen (secondary N) is 1. The monoisotopic (exact) mass is 291 g/mol. The average molecular weight is 291 g/mol. The number of fused-ring (bicyclic) bond motifs is 2. The van der Waals surface area contributed by atoms with Crippen LogP contribution >= 0.6 is 0 Å². The molecule has 1 aromatic heterocycles. The van der Waals surface area contributed by atoms with Crippen molar-refractivity contribution in [2.24, 2.45) is 16.7 Å². The van der Waals surface area contributed by atoms with Gasteiger partial charge in [-0.2, -0.15) is 0 Å². The van der Waals surface area contributed by atoms with Crippen molar-refractivity contribution >= 4 is 0 Å². The highest BCUT2D eigenvalue weighted by Gasteiger charge is 2.61. The third-order valence-electron chi connectivity index (χ3n) is 6.56. The number of ether oxygens (including phenoxy) is 1. The number of rotatable bonds is 6. The van der Waals surface area contributed by atoms with E-state index < -0.39 is 0 Å². The molecule has 1 aromatic rings. The van der Waals surface area contributed by atoms with E-state index in [9.17, 15) is 0 Å². The van der Waals surface area contributed by atoms with Gasteiger partial charge < -0.3 is 14.5 Å². The van der Waals surface area contributed by atoms with Crippen LogP contribution in [-0.2, 0) is 4.74 Å². The van der Waals surface area contributed by atoms with Crippen LogP contribution in [-0.4, -0.2) is 19.3 Å². The van der Waals surface area contributed by atoms with Crippen molar-refractivity contribution in [3.05, 3.63) is 24.2 Å². The van der Waals surface area contributed by atoms with E-state index >= 15 is 0 Å². The second-order valence-electron chi connectivity index (χ2n) is 7.66. The summed E-state index contributed by atoms with van der Waals surface area (Å²) in [6, 6.07) is 4.19. The first-order valence-electron chi connectivity index (χ1n) is 8.33. The quantitative estimate of drug-likeness (QED) is 0.799. The lowest BCUT2D eigenvalue weighted by Gasteiger charge is -2.39. The molecule has 0 radical (unpaired) electrons. The minimum Gasteiger partial charge on any atom is -0.468 e. The van der Waals surface area contributed by atoms with E-state index in [-0.39, 0.29) is 6.04 Å². The predicted octanol–water partition coefficient (Wildman–Crippen LogP) is 4.16. The molecule has 3 rings (SSSR count). The van der Waals surface area contributed by atoms with E-state index in [1.54, 1.807) is 6.26 Å². The van der Waals surface area contributed by atoms with Gasteiger partial charge in [0.25, 0.3) is 0 Å². The van der Waals surface area contributed by atoms with Gasteiger partial charge in [0.15, 0.2) is 0 Å². The molecule has 3 heteroatoms. The lowest BCUT2D eigenvalue weighted by Crippen LogP contribution is -2.38. The Morgan fingerprint density at radius 2 is 2.24 bits per heavy atom. The molecule has 2 saturated carbocycles. The molecule has 0 aromatic carbocycles. The summed E-state index contributed by atoms with van der Waals surface area (Å²) in [4.78, 5) is 0. The van der Waals surface area contributed by atoms with Crippen LogP contribution in [0, 0.1) is 16.7 Å². The van der Waals surface area contributed by atoms with E-state index in [0.717, 1.165) is 24.8 Å². The molecule has 2 aliphatic carbocycles. The molecule has 0 saturated heterocycles. The first-order chi connectivity index (χ1) is 9.95. The van der Waals surface area contributed by atoms with Gasteiger partial charge in [-0.25, -0.2) is 0 Å². The molecule has 1 N–H and O–H groups in total. The molecule has 118 valence electrons. The van der Waals surface area contributed by atoms with Gasteiger partial charge in [-0.1, -0.05) is 20.8 Å². The predicted molar refractivity (Wildman–Crippen MR) is 84.1 cm³/mol. The van der Waals surface area contributed by atoms with Gasteiger partial charge in [-0.05, 0) is 55.1 Å². The molecule has 4 unspecified atom stereocenters. The Balaban J connectivity index is 1.45. The Kier molecular flexibility index (Phi) is 3.91. The van der Waals surface area contributed by atoms with Crippen molar-refractivity contribution in [1.29, 1.82) is 0 Å².